The minimum atomic E-state index is -0.282. The van der Waals surface area contributed by atoms with Gasteiger partial charge in [0.1, 0.15) is 5.75 Å². The highest BCUT2D eigenvalue weighted by molar-refractivity contribution is 7.22. The first-order valence-electron chi connectivity index (χ1n) is 9.38. The molecule has 0 atom stereocenters. The van der Waals surface area contributed by atoms with Gasteiger partial charge in [-0.05, 0) is 37.4 Å². The number of carbonyl (C=O) groups is 2. The molecule has 1 fully saturated rings. The Bertz CT molecular complexity index is 1060. The third-order valence-corrected chi connectivity index (χ3v) is 5.93. The van der Waals surface area contributed by atoms with E-state index >= 15 is 0 Å². The second kappa shape index (κ2) is 8.18. The van der Waals surface area contributed by atoms with Crippen LogP contribution in [-0.2, 0) is 0 Å². The number of aromatic nitrogens is 1. The van der Waals surface area contributed by atoms with E-state index in [1.807, 2.05) is 23.1 Å². The van der Waals surface area contributed by atoms with Crippen molar-refractivity contribution in [3.63, 3.8) is 0 Å². The summed E-state index contributed by atoms with van der Waals surface area (Å²) in [5, 5.41) is 3.31. The zero-order valence-corrected chi connectivity index (χ0v) is 17.2. The topological polar surface area (TPSA) is 74.8 Å². The molecular formula is C21H22N4O3S. The van der Waals surface area contributed by atoms with Crippen LogP contribution in [0.1, 0.15) is 20.7 Å². The smallest absolute Gasteiger partial charge is 0.261 e. The molecule has 0 unspecified atom stereocenters. The van der Waals surface area contributed by atoms with Crippen molar-refractivity contribution in [1.29, 1.82) is 0 Å². The van der Waals surface area contributed by atoms with E-state index in [2.05, 4.69) is 22.2 Å². The Morgan fingerprint density at radius 1 is 1.10 bits per heavy atom. The maximum Gasteiger partial charge on any atom is 0.261 e. The number of amides is 2. The molecule has 2 amide bonds. The molecule has 2 heterocycles. The van der Waals surface area contributed by atoms with Crippen molar-refractivity contribution in [2.24, 2.45) is 0 Å². The molecule has 3 aromatic rings. The van der Waals surface area contributed by atoms with Crippen molar-refractivity contribution >= 4 is 38.5 Å². The van der Waals surface area contributed by atoms with Gasteiger partial charge < -0.3 is 14.5 Å². The van der Waals surface area contributed by atoms with Crippen LogP contribution in [0.4, 0.5) is 5.13 Å². The first-order valence-corrected chi connectivity index (χ1v) is 10.2. The fourth-order valence-electron chi connectivity index (χ4n) is 3.30. The maximum absolute atomic E-state index is 12.8. The summed E-state index contributed by atoms with van der Waals surface area (Å²) in [5.74, 6) is 0.259. The Balaban J connectivity index is 1.52. The van der Waals surface area contributed by atoms with Gasteiger partial charge in [0.2, 0.25) is 0 Å². The minimum Gasteiger partial charge on any atom is -0.496 e. The number of anilines is 1. The van der Waals surface area contributed by atoms with Crippen molar-refractivity contribution in [2.45, 2.75) is 0 Å². The number of methoxy groups -OCH3 is 1. The summed E-state index contributed by atoms with van der Waals surface area (Å²) in [6.45, 7) is 3.23. The normalized spacial score (nSPS) is 14.8. The van der Waals surface area contributed by atoms with E-state index in [0.29, 0.717) is 22.0 Å². The molecule has 8 heteroatoms. The van der Waals surface area contributed by atoms with E-state index in [0.717, 1.165) is 36.4 Å². The lowest BCUT2D eigenvalue weighted by atomic mass is 10.1. The first kappa shape index (κ1) is 19.4. The number of rotatable bonds is 4. The Morgan fingerprint density at radius 2 is 1.86 bits per heavy atom. The molecule has 2 aromatic carbocycles. The summed E-state index contributed by atoms with van der Waals surface area (Å²) in [7, 11) is 3.59. The molecule has 1 aliphatic rings. The Morgan fingerprint density at radius 3 is 2.62 bits per heavy atom. The number of para-hydroxylation sites is 1. The fourth-order valence-corrected chi connectivity index (χ4v) is 4.20. The lowest BCUT2D eigenvalue weighted by Gasteiger charge is -2.32. The highest BCUT2D eigenvalue weighted by Crippen LogP contribution is 2.28. The number of thiazole rings is 1. The highest BCUT2D eigenvalue weighted by atomic mass is 32.1. The summed E-state index contributed by atoms with van der Waals surface area (Å²) in [5.41, 5.74) is 1.84. The van der Waals surface area contributed by atoms with Crippen LogP contribution in [0, 0.1) is 0 Å². The second-order valence-corrected chi connectivity index (χ2v) is 7.98. The summed E-state index contributed by atoms with van der Waals surface area (Å²) in [6, 6.07) is 12.5. The zero-order chi connectivity index (χ0) is 20.4. The van der Waals surface area contributed by atoms with E-state index in [1.165, 1.54) is 18.4 Å². The second-order valence-electron chi connectivity index (χ2n) is 6.95. The van der Waals surface area contributed by atoms with Crippen LogP contribution in [0.15, 0.2) is 42.5 Å². The van der Waals surface area contributed by atoms with Gasteiger partial charge in [-0.25, -0.2) is 4.98 Å². The van der Waals surface area contributed by atoms with Crippen molar-refractivity contribution in [3.05, 3.63) is 53.6 Å². The lowest BCUT2D eigenvalue weighted by molar-refractivity contribution is 0.0664. The van der Waals surface area contributed by atoms with E-state index in [9.17, 15) is 9.59 Å². The average Bonchev–Trinajstić information content (AvgIpc) is 3.15. The largest absolute Gasteiger partial charge is 0.496 e. The van der Waals surface area contributed by atoms with Gasteiger partial charge in [0.25, 0.3) is 11.8 Å². The Kier molecular flexibility index (Phi) is 5.46. The van der Waals surface area contributed by atoms with Gasteiger partial charge in [-0.15, -0.1) is 0 Å². The molecule has 1 N–H and O–H groups in total. The van der Waals surface area contributed by atoms with E-state index in [4.69, 9.17) is 4.74 Å². The third kappa shape index (κ3) is 4.08. The molecule has 0 bridgehead atoms. The molecule has 150 valence electrons. The minimum absolute atomic E-state index is 0.0352. The number of carbonyl (C=O) groups excluding carboxylic acids is 2. The number of fused-ring (bicyclic) bond motifs is 1. The third-order valence-electron chi connectivity index (χ3n) is 5.00. The van der Waals surface area contributed by atoms with Gasteiger partial charge in [0.15, 0.2) is 5.13 Å². The van der Waals surface area contributed by atoms with Crippen LogP contribution in [0.2, 0.25) is 0 Å². The number of hydrogen-bond donors (Lipinski definition) is 1. The molecule has 1 aliphatic heterocycles. The number of nitrogens with zero attached hydrogens (tertiary/aromatic N) is 3. The zero-order valence-electron chi connectivity index (χ0n) is 16.3. The number of piperazine rings is 1. The van der Waals surface area contributed by atoms with E-state index in [-0.39, 0.29) is 11.8 Å². The standard InChI is InChI=1S/C21H22N4O3S/c1-24-9-11-25(12-10-24)20(27)14-7-8-16-18(13-14)29-21(22-16)23-19(26)15-5-3-4-6-17(15)28-2/h3-8,13H,9-12H2,1-2H3,(H,22,23,26). The van der Waals surface area contributed by atoms with Crippen molar-refractivity contribution in [3.8, 4) is 5.75 Å². The molecule has 29 heavy (non-hydrogen) atoms. The Hall–Kier alpha value is -2.97. The van der Waals surface area contributed by atoms with Crippen LogP contribution >= 0.6 is 11.3 Å². The molecule has 0 saturated carbocycles. The monoisotopic (exact) mass is 410 g/mol. The van der Waals surface area contributed by atoms with Gasteiger partial charge in [-0.3, -0.25) is 14.9 Å². The SMILES string of the molecule is COc1ccccc1C(=O)Nc1nc2ccc(C(=O)N3CCN(C)CC3)cc2s1. The lowest BCUT2D eigenvalue weighted by Crippen LogP contribution is -2.47. The van der Waals surface area contributed by atoms with Crippen LogP contribution in [0.5, 0.6) is 5.75 Å². The summed E-state index contributed by atoms with van der Waals surface area (Å²) in [4.78, 5) is 34.0. The van der Waals surface area contributed by atoms with Crippen molar-refractivity contribution in [2.75, 3.05) is 45.7 Å². The number of benzene rings is 2. The molecule has 4 rings (SSSR count). The van der Waals surface area contributed by atoms with Crippen LogP contribution < -0.4 is 10.1 Å². The van der Waals surface area contributed by atoms with Gasteiger partial charge >= 0.3 is 0 Å². The molecular weight excluding hydrogens is 388 g/mol. The fraction of sp³-hybridized carbons (Fsp3) is 0.286. The number of likely N-dealkylation sites (N-methyl/N-ethyl adjacent to an activating group) is 1. The molecule has 1 aromatic heterocycles. The van der Waals surface area contributed by atoms with Gasteiger partial charge in [0.05, 0.1) is 22.9 Å². The highest BCUT2D eigenvalue weighted by Gasteiger charge is 2.21. The van der Waals surface area contributed by atoms with Gasteiger partial charge in [0, 0.05) is 31.7 Å². The predicted molar refractivity (Wildman–Crippen MR) is 114 cm³/mol. The number of hydrogen-bond acceptors (Lipinski definition) is 6. The Labute approximate surface area is 172 Å². The summed E-state index contributed by atoms with van der Waals surface area (Å²) in [6.07, 6.45) is 0. The van der Waals surface area contributed by atoms with Crippen molar-refractivity contribution in [1.82, 2.24) is 14.8 Å². The van der Waals surface area contributed by atoms with E-state index < -0.39 is 0 Å². The van der Waals surface area contributed by atoms with E-state index in [1.54, 1.807) is 24.3 Å². The average molecular weight is 410 g/mol. The van der Waals surface area contributed by atoms with Gasteiger partial charge in [-0.1, -0.05) is 23.5 Å². The van der Waals surface area contributed by atoms with Crippen LogP contribution in [-0.4, -0.2) is 66.9 Å². The summed E-state index contributed by atoms with van der Waals surface area (Å²) < 4.78 is 6.11. The van der Waals surface area contributed by atoms with Gasteiger partial charge in [-0.2, -0.15) is 0 Å². The molecule has 1 saturated heterocycles. The van der Waals surface area contributed by atoms with Crippen LogP contribution in [0.25, 0.3) is 10.2 Å². The molecule has 0 aliphatic carbocycles. The first-order chi connectivity index (χ1) is 14.0. The quantitative estimate of drug-likeness (QED) is 0.716. The number of ether oxygens (including phenoxy) is 1. The van der Waals surface area contributed by atoms with Crippen LogP contribution in [0.3, 0.4) is 0 Å². The maximum atomic E-state index is 12.8. The summed E-state index contributed by atoms with van der Waals surface area (Å²) >= 11 is 1.35. The van der Waals surface area contributed by atoms with Crippen molar-refractivity contribution < 1.29 is 14.3 Å². The molecule has 7 nitrogen and oxygen atoms in total. The number of nitrogens with one attached hydrogen (secondary N) is 1. The molecule has 0 spiro atoms. The predicted octanol–water partition coefficient (Wildman–Crippen LogP) is 2.94. The molecule has 0 radical (unpaired) electrons.